The van der Waals surface area contributed by atoms with Crippen LogP contribution in [0, 0.1) is 20.8 Å². The standard InChI is InChI=1S/C19H18ClN3O3S2/c1-10-8-14(9-16(11(10)2)28(21,25)26)18(24)23-19-22-17(12(3)27-19)13-4-6-15(20)7-5-13/h4-9H,1-3H3,(H2,21,25,26)(H,22,23,24). The van der Waals surface area contributed by atoms with Gasteiger partial charge in [-0.1, -0.05) is 23.7 Å². The zero-order valence-corrected chi connectivity index (χ0v) is 17.8. The highest BCUT2D eigenvalue weighted by Gasteiger charge is 2.19. The number of nitrogens with one attached hydrogen (secondary N) is 1. The molecule has 3 aromatic rings. The number of hydrogen-bond donors (Lipinski definition) is 2. The number of primary sulfonamides is 1. The van der Waals surface area contributed by atoms with Gasteiger partial charge in [0, 0.05) is 21.0 Å². The average molecular weight is 436 g/mol. The van der Waals surface area contributed by atoms with Crippen LogP contribution in [0.3, 0.4) is 0 Å². The molecule has 6 nitrogen and oxygen atoms in total. The summed E-state index contributed by atoms with van der Waals surface area (Å²) in [6.45, 7) is 5.29. The normalized spacial score (nSPS) is 11.5. The first-order valence-electron chi connectivity index (χ1n) is 8.25. The van der Waals surface area contributed by atoms with Crippen LogP contribution in [0.5, 0.6) is 0 Å². The summed E-state index contributed by atoms with van der Waals surface area (Å²) in [5, 5.41) is 9.05. The molecule has 9 heteroatoms. The minimum atomic E-state index is -3.93. The SMILES string of the molecule is Cc1cc(C(=O)Nc2nc(-c3ccc(Cl)cc3)c(C)s2)cc(S(N)(=O)=O)c1C. The first-order chi connectivity index (χ1) is 13.1. The van der Waals surface area contributed by atoms with Crippen molar-refractivity contribution in [3.05, 3.63) is 63.0 Å². The van der Waals surface area contributed by atoms with Crippen molar-refractivity contribution in [2.45, 2.75) is 25.7 Å². The van der Waals surface area contributed by atoms with E-state index in [1.165, 1.54) is 17.4 Å². The number of thiazole rings is 1. The lowest BCUT2D eigenvalue weighted by molar-refractivity contribution is 0.102. The van der Waals surface area contributed by atoms with Crippen molar-refractivity contribution in [2.75, 3.05) is 5.32 Å². The van der Waals surface area contributed by atoms with Gasteiger partial charge in [0.1, 0.15) is 0 Å². The second-order valence-corrected chi connectivity index (χ2v) is 9.52. The maximum absolute atomic E-state index is 12.7. The van der Waals surface area contributed by atoms with Gasteiger partial charge in [-0.2, -0.15) is 0 Å². The topological polar surface area (TPSA) is 102 Å². The number of carbonyl (C=O) groups excluding carboxylic acids is 1. The molecule has 28 heavy (non-hydrogen) atoms. The van der Waals surface area contributed by atoms with Gasteiger partial charge in [0.2, 0.25) is 10.0 Å². The summed E-state index contributed by atoms with van der Waals surface area (Å²) in [5.74, 6) is -0.454. The Morgan fingerprint density at radius 1 is 1.14 bits per heavy atom. The van der Waals surface area contributed by atoms with Gasteiger partial charge >= 0.3 is 0 Å². The molecule has 1 aromatic heterocycles. The van der Waals surface area contributed by atoms with Gasteiger partial charge in [-0.15, -0.1) is 11.3 Å². The summed E-state index contributed by atoms with van der Waals surface area (Å²) < 4.78 is 23.6. The van der Waals surface area contributed by atoms with E-state index in [1.807, 2.05) is 19.1 Å². The summed E-state index contributed by atoms with van der Waals surface area (Å²) in [6.07, 6.45) is 0. The Labute approximate surface area is 172 Å². The molecule has 0 saturated carbocycles. The molecule has 1 amide bonds. The Balaban J connectivity index is 1.91. The first-order valence-corrected chi connectivity index (χ1v) is 11.0. The molecule has 2 aromatic carbocycles. The van der Waals surface area contributed by atoms with Crippen LogP contribution < -0.4 is 10.5 Å². The van der Waals surface area contributed by atoms with Crippen molar-refractivity contribution in [2.24, 2.45) is 5.14 Å². The third-order valence-electron chi connectivity index (χ3n) is 4.32. The predicted molar refractivity (Wildman–Crippen MR) is 113 cm³/mol. The van der Waals surface area contributed by atoms with Crippen LogP contribution in [0.2, 0.25) is 5.02 Å². The van der Waals surface area contributed by atoms with Gasteiger partial charge in [-0.05, 0) is 56.2 Å². The maximum Gasteiger partial charge on any atom is 0.257 e. The second-order valence-electron chi connectivity index (χ2n) is 6.35. The first kappa shape index (κ1) is 20.5. The fourth-order valence-corrected chi connectivity index (χ4v) is 4.58. The number of rotatable bonds is 4. The number of sulfonamides is 1. The van der Waals surface area contributed by atoms with E-state index in [1.54, 1.807) is 32.0 Å². The summed E-state index contributed by atoms with van der Waals surface area (Å²) >= 11 is 7.26. The summed E-state index contributed by atoms with van der Waals surface area (Å²) in [7, 11) is -3.93. The Hall–Kier alpha value is -2.26. The van der Waals surface area contributed by atoms with E-state index in [0.717, 1.165) is 16.1 Å². The highest BCUT2D eigenvalue weighted by molar-refractivity contribution is 7.89. The molecule has 3 rings (SSSR count). The lowest BCUT2D eigenvalue weighted by atomic mass is 10.1. The van der Waals surface area contributed by atoms with Crippen molar-refractivity contribution >= 4 is 44.0 Å². The number of nitrogens with zero attached hydrogens (tertiary/aromatic N) is 1. The molecule has 0 radical (unpaired) electrons. The molecule has 0 aliphatic rings. The minimum Gasteiger partial charge on any atom is -0.298 e. The molecule has 0 spiro atoms. The molecule has 1 heterocycles. The lowest BCUT2D eigenvalue weighted by Crippen LogP contribution is -2.17. The van der Waals surface area contributed by atoms with E-state index in [4.69, 9.17) is 16.7 Å². The monoisotopic (exact) mass is 435 g/mol. The van der Waals surface area contributed by atoms with Crippen LogP contribution in [-0.4, -0.2) is 19.3 Å². The third-order valence-corrected chi connectivity index (χ3v) is 6.50. The fraction of sp³-hybridized carbons (Fsp3) is 0.158. The van der Waals surface area contributed by atoms with E-state index in [9.17, 15) is 13.2 Å². The Kier molecular flexibility index (Phi) is 5.58. The number of hydrogen-bond acceptors (Lipinski definition) is 5. The van der Waals surface area contributed by atoms with Gasteiger partial charge in [0.25, 0.3) is 5.91 Å². The smallest absolute Gasteiger partial charge is 0.257 e. The van der Waals surface area contributed by atoms with Gasteiger partial charge < -0.3 is 0 Å². The zero-order chi connectivity index (χ0) is 20.6. The number of amides is 1. The number of nitrogens with two attached hydrogens (primary N) is 1. The summed E-state index contributed by atoms with van der Waals surface area (Å²) in [5.41, 5.74) is 3.03. The number of anilines is 1. The highest BCUT2D eigenvalue weighted by atomic mass is 35.5. The van der Waals surface area contributed by atoms with Crippen LogP contribution in [0.25, 0.3) is 11.3 Å². The predicted octanol–water partition coefficient (Wildman–Crippen LogP) is 4.29. The van der Waals surface area contributed by atoms with Gasteiger partial charge in [-0.25, -0.2) is 18.5 Å². The summed E-state index contributed by atoms with van der Waals surface area (Å²) in [6, 6.07) is 10.2. The van der Waals surface area contributed by atoms with Crippen molar-refractivity contribution in [1.29, 1.82) is 0 Å². The van der Waals surface area contributed by atoms with Gasteiger partial charge in [0.05, 0.1) is 10.6 Å². The van der Waals surface area contributed by atoms with E-state index in [0.29, 0.717) is 21.3 Å². The number of aromatic nitrogens is 1. The molecular formula is C19H18ClN3O3S2. The van der Waals surface area contributed by atoms with Crippen molar-refractivity contribution in [3.63, 3.8) is 0 Å². The number of aryl methyl sites for hydroxylation is 2. The van der Waals surface area contributed by atoms with E-state index in [-0.39, 0.29) is 10.5 Å². The van der Waals surface area contributed by atoms with Crippen LogP contribution >= 0.6 is 22.9 Å². The molecular weight excluding hydrogens is 418 g/mol. The van der Waals surface area contributed by atoms with Crippen LogP contribution in [0.15, 0.2) is 41.3 Å². The number of carbonyl (C=O) groups is 1. The van der Waals surface area contributed by atoms with E-state index >= 15 is 0 Å². The van der Waals surface area contributed by atoms with Crippen molar-refractivity contribution in [1.82, 2.24) is 4.98 Å². The largest absolute Gasteiger partial charge is 0.298 e. The average Bonchev–Trinajstić information content (AvgIpc) is 2.97. The molecule has 3 N–H and O–H groups in total. The quantitative estimate of drug-likeness (QED) is 0.638. The maximum atomic E-state index is 12.7. The number of benzene rings is 2. The van der Waals surface area contributed by atoms with Crippen molar-refractivity contribution < 1.29 is 13.2 Å². The van der Waals surface area contributed by atoms with Crippen LogP contribution in [0.1, 0.15) is 26.4 Å². The molecule has 0 aliphatic carbocycles. The molecule has 0 fully saturated rings. The lowest BCUT2D eigenvalue weighted by Gasteiger charge is -2.10. The second kappa shape index (κ2) is 7.63. The Bertz CT molecular complexity index is 1170. The molecule has 0 saturated heterocycles. The summed E-state index contributed by atoms with van der Waals surface area (Å²) in [4.78, 5) is 18.0. The zero-order valence-electron chi connectivity index (χ0n) is 15.4. The fourth-order valence-electron chi connectivity index (χ4n) is 2.75. The molecule has 146 valence electrons. The molecule has 0 unspecified atom stereocenters. The Morgan fingerprint density at radius 2 is 1.79 bits per heavy atom. The van der Waals surface area contributed by atoms with Crippen LogP contribution in [-0.2, 0) is 10.0 Å². The molecule has 0 atom stereocenters. The third kappa shape index (κ3) is 4.25. The highest BCUT2D eigenvalue weighted by Crippen LogP contribution is 2.31. The van der Waals surface area contributed by atoms with E-state index in [2.05, 4.69) is 10.3 Å². The minimum absolute atomic E-state index is 0.0603. The Morgan fingerprint density at radius 3 is 2.39 bits per heavy atom. The van der Waals surface area contributed by atoms with E-state index < -0.39 is 15.9 Å². The van der Waals surface area contributed by atoms with Gasteiger partial charge in [-0.3, -0.25) is 10.1 Å². The van der Waals surface area contributed by atoms with Crippen LogP contribution in [0.4, 0.5) is 5.13 Å². The molecule has 0 bridgehead atoms. The number of halogens is 1. The van der Waals surface area contributed by atoms with Gasteiger partial charge in [0.15, 0.2) is 5.13 Å². The van der Waals surface area contributed by atoms with Crippen molar-refractivity contribution in [3.8, 4) is 11.3 Å². The molecule has 0 aliphatic heterocycles.